The van der Waals surface area contributed by atoms with Gasteiger partial charge in [0.15, 0.2) is 17.5 Å². The van der Waals surface area contributed by atoms with Crippen molar-refractivity contribution in [3.05, 3.63) is 23.8 Å². The zero-order valence-electron chi connectivity index (χ0n) is 18.0. The Morgan fingerprint density at radius 1 is 1.23 bits per heavy atom. The minimum absolute atomic E-state index is 0. The Morgan fingerprint density at radius 2 is 1.97 bits per heavy atom. The van der Waals surface area contributed by atoms with Crippen LogP contribution in [0.1, 0.15) is 44.6 Å². The predicted molar refractivity (Wildman–Crippen MR) is 125 cm³/mol. The van der Waals surface area contributed by atoms with Gasteiger partial charge in [0.1, 0.15) is 0 Å². The van der Waals surface area contributed by atoms with E-state index >= 15 is 0 Å². The lowest BCUT2D eigenvalue weighted by molar-refractivity contribution is -0.0520. The average molecular weight is 541 g/mol. The molecule has 1 aromatic rings. The monoisotopic (exact) mass is 541 g/mol. The maximum absolute atomic E-state index is 12.9. The van der Waals surface area contributed by atoms with E-state index in [9.17, 15) is 8.78 Å². The van der Waals surface area contributed by atoms with E-state index in [0.717, 1.165) is 19.6 Å². The maximum atomic E-state index is 12.9. The fraction of sp³-hybridized carbons (Fsp3) is 0.667. The van der Waals surface area contributed by atoms with Crippen molar-refractivity contribution in [2.75, 3.05) is 33.9 Å². The normalized spacial score (nSPS) is 15.6. The minimum atomic E-state index is -2.92. The van der Waals surface area contributed by atoms with Gasteiger partial charge in [-0.3, -0.25) is 4.99 Å². The Kier molecular flexibility index (Phi) is 12.3. The first-order chi connectivity index (χ1) is 14.0. The highest BCUT2D eigenvalue weighted by Gasteiger charge is 2.33. The first-order valence-corrected chi connectivity index (χ1v) is 10.2. The lowest BCUT2D eigenvalue weighted by Gasteiger charge is -2.30. The minimum Gasteiger partial charge on any atom is -0.490 e. The Morgan fingerprint density at radius 3 is 2.57 bits per heavy atom. The van der Waals surface area contributed by atoms with Crippen LogP contribution in [-0.4, -0.2) is 46.5 Å². The molecule has 2 rings (SSSR count). The van der Waals surface area contributed by atoms with Crippen molar-refractivity contribution in [2.45, 2.75) is 52.2 Å². The summed E-state index contributed by atoms with van der Waals surface area (Å²) in [6.45, 7) is 1.07. The topological polar surface area (TPSA) is 64.1 Å². The lowest BCUT2D eigenvalue weighted by Crippen LogP contribution is -2.43. The summed E-state index contributed by atoms with van der Waals surface area (Å²) < 4.78 is 41.2. The molecular formula is C21H34F2IN3O3. The summed E-state index contributed by atoms with van der Waals surface area (Å²) in [6.07, 6.45) is 5.81. The van der Waals surface area contributed by atoms with Crippen molar-refractivity contribution >= 4 is 29.9 Å². The number of nitrogens with one attached hydrogen (secondary N) is 2. The standard InChI is InChI=1S/C21H33F2N3O3.HI/c1-4-28-17-9-7-8-16(18(17)29-19(22)23)14-25-20(24-2)26-15-21(12-13-27-3)10-5-6-11-21;/h7-9,19H,4-6,10-15H2,1-3H3,(H2,24,25,26);1H. The number of alkyl halides is 2. The van der Waals surface area contributed by atoms with Crippen LogP contribution in [-0.2, 0) is 11.3 Å². The number of para-hydroxylation sites is 1. The fourth-order valence-electron chi connectivity index (χ4n) is 3.82. The predicted octanol–water partition coefficient (Wildman–Crippen LogP) is 4.57. The van der Waals surface area contributed by atoms with Crippen LogP contribution in [0.4, 0.5) is 8.78 Å². The third kappa shape index (κ3) is 8.05. The molecule has 0 aliphatic heterocycles. The largest absolute Gasteiger partial charge is 0.490 e. The molecule has 0 atom stereocenters. The van der Waals surface area contributed by atoms with E-state index in [4.69, 9.17) is 14.2 Å². The summed E-state index contributed by atoms with van der Waals surface area (Å²) in [6, 6.07) is 5.11. The van der Waals surface area contributed by atoms with Gasteiger partial charge >= 0.3 is 6.61 Å². The molecule has 2 N–H and O–H groups in total. The van der Waals surface area contributed by atoms with Gasteiger partial charge in [0, 0.05) is 39.4 Å². The number of ether oxygens (including phenoxy) is 3. The number of hydrogen-bond acceptors (Lipinski definition) is 4. The molecule has 1 saturated carbocycles. The van der Waals surface area contributed by atoms with Gasteiger partial charge in [-0.05, 0) is 37.7 Å². The zero-order valence-corrected chi connectivity index (χ0v) is 20.3. The third-order valence-electron chi connectivity index (χ3n) is 5.37. The van der Waals surface area contributed by atoms with Crippen molar-refractivity contribution in [1.29, 1.82) is 0 Å². The molecule has 0 unspecified atom stereocenters. The van der Waals surface area contributed by atoms with Crippen molar-refractivity contribution in [3.63, 3.8) is 0 Å². The summed E-state index contributed by atoms with van der Waals surface area (Å²) in [5, 5.41) is 6.59. The zero-order chi connectivity index (χ0) is 21.1. The number of benzene rings is 1. The van der Waals surface area contributed by atoms with Crippen LogP contribution in [0.5, 0.6) is 11.5 Å². The highest BCUT2D eigenvalue weighted by molar-refractivity contribution is 14.0. The number of aliphatic imine (C=N–C) groups is 1. The van der Waals surface area contributed by atoms with Gasteiger partial charge in [-0.1, -0.05) is 25.0 Å². The molecule has 1 fully saturated rings. The number of hydrogen-bond donors (Lipinski definition) is 2. The van der Waals surface area contributed by atoms with E-state index in [-0.39, 0.29) is 41.7 Å². The number of guanidine groups is 1. The molecule has 0 saturated heterocycles. The van der Waals surface area contributed by atoms with E-state index in [0.29, 0.717) is 23.9 Å². The maximum Gasteiger partial charge on any atom is 0.387 e. The summed E-state index contributed by atoms with van der Waals surface area (Å²) >= 11 is 0. The third-order valence-corrected chi connectivity index (χ3v) is 5.37. The number of halogens is 3. The molecular weight excluding hydrogens is 507 g/mol. The van der Waals surface area contributed by atoms with Crippen LogP contribution in [0.15, 0.2) is 23.2 Å². The number of rotatable bonds is 11. The highest BCUT2D eigenvalue weighted by atomic mass is 127. The number of nitrogens with zero attached hydrogens (tertiary/aromatic N) is 1. The van der Waals surface area contributed by atoms with E-state index in [1.165, 1.54) is 25.7 Å². The van der Waals surface area contributed by atoms with E-state index < -0.39 is 6.61 Å². The Balaban J connectivity index is 0.00000450. The van der Waals surface area contributed by atoms with Crippen molar-refractivity contribution in [2.24, 2.45) is 10.4 Å². The van der Waals surface area contributed by atoms with Gasteiger partial charge in [-0.15, -0.1) is 24.0 Å². The molecule has 1 aromatic carbocycles. The van der Waals surface area contributed by atoms with Crippen LogP contribution in [0, 0.1) is 5.41 Å². The first kappa shape index (κ1) is 26.7. The second-order valence-corrected chi connectivity index (χ2v) is 7.29. The van der Waals surface area contributed by atoms with Crippen molar-refractivity contribution in [1.82, 2.24) is 10.6 Å². The average Bonchev–Trinajstić information content (AvgIpc) is 3.17. The van der Waals surface area contributed by atoms with Crippen LogP contribution in [0.3, 0.4) is 0 Å². The van der Waals surface area contributed by atoms with Crippen molar-refractivity contribution in [3.8, 4) is 11.5 Å². The quantitative estimate of drug-likeness (QED) is 0.244. The molecule has 0 amide bonds. The van der Waals surface area contributed by atoms with E-state index in [1.807, 2.05) is 0 Å². The molecule has 172 valence electrons. The molecule has 1 aliphatic rings. The molecule has 9 heteroatoms. The van der Waals surface area contributed by atoms with Crippen LogP contribution >= 0.6 is 24.0 Å². The summed E-state index contributed by atoms with van der Waals surface area (Å²) in [5.74, 6) is 0.984. The van der Waals surface area contributed by atoms with Crippen LogP contribution < -0.4 is 20.1 Å². The van der Waals surface area contributed by atoms with Gasteiger partial charge in [0.05, 0.1) is 6.61 Å². The summed E-state index contributed by atoms with van der Waals surface area (Å²) in [5.41, 5.74) is 0.793. The second kappa shape index (κ2) is 13.8. The second-order valence-electron chi connectivity index (χ2n) is 7.29. The van der Waals surface area contributed by atoms with Crippen LogP contribution in [0.25, 0.3) is 0 Å². The van der Waals surface area contributed by atoms with Gasteiger partial charge < -0.3 is 24.8 Å². The van der Waals surface area contributed by atoms with Crippen LogP contribution in [0.2, 0.25) is 0 Å². The molecule has 0 aromatic heterocycles. The van der Waals surface area contributed by atoms with E-state index in [2.05, 4.69) is 15.6 Å². The SMILES string of the molecule is CCOc1cccc(CNC(=NC)NCC2(CCOC)CCCC2)c1OC(F)F.I. The van der Waals surface area contributed by atoms with Gasteiger partial charge in [0.2, 0.25) is 0 Å². The smallest absolute Gasteiger partial charge is 0.387 e. The highest BCUT2D eigenvalue weighted by Crippen LogP contribution is 2.40. The van der Waals surface area contributed by atoms with Gasteiger partial charge in [0.25, 0.3) is 0 Å². The molecule has 1 aliphatic carbocycles. The molecule has 30 heavy (non-hydrogen) atoms. The van der Waals surface area contributed by atoms with Gasteiger partial charge in [-0.2, -0.15) is 8.78 Å². The summed E-state index contributed by atoms with van der Waals surface area (Å²) in [7, 11) is 3.42. The number of methoxy groups -OCH3 is 1. The molecule has 6 nitrogen and oxygen atoms in total. The Hall–Kier alpha value is -1.36. The molecule has 0 heterocycles. The van der Waals surface area contributed by atoms with E-state index in [1.54, 1.807) is 39.3 Å². The Labute approximate surface area is 195 Å². The molecule has 0 spiro atoms. The van der Waals surface area contributed by atoms with Crippen molar-refractivity contribution < 1.29 is 23.0 Å². The fourth-order valence-corrected chi connectivity index (χ4v) is 3.82. The Bertz CT molecular complexity index is 656. The summed E-state index contributed by atoms with van der Waals surface area (Å²) in [4.78, 5) is 4.27. The van der Waals surface area contributed by atoms with Gasteiger partial charge in [-0.25, -0.2) is 0 Å². The first-order valence-electron chi connectivity index (χ1n) is 10.2. The lowest BCUT2D eigenvalue weighted by atomic mass is 9.83. The molecule has 0 bridgehead atoms. The molecule has 0 radical (unpaired) electrons.